The van der Waals surface area contributed by atoms with Crippen molar-refractivity contribution in [3.63, 3.8) is 0 Å². The first-order chi connectivity index (χ1) is 12.9. The normalized spacial score (nSPS) is 18.1. The van der Waals surface area contributed by atoms with E-state index >= 15 is 0 Å². The molecule has 0 unspecified atom stereocenters. The van der Waals surface area contributed by atoms with Gasteiger partial charge in [-0.15, -0.1) is 10.2 Å². The van der Waals surface area contributed by atoms with Crippen molar-refractivity contribution in [2.45, 2.75) is 25.6 Å². The van der Waals surface area contributed by atoms with E-state index < -0.39 is 0 Å². The van der Waals surface area contributed by atoms with Crippen LogP contribution in [0.3, 0.4) is 0 Å². The lowest BCUT2D eigenvalue weighted by molar-refractivity contribution is -0.0373. The van der Waals surface area contributed by atoms with Crippen LogP contribution in [0.1, 0.15) is 23.1 Å². The molecule has 1 atom stereocenters. The molecule has 1 aliphatic rings. The zero-order chi connectivity index (χ0) is 17.6. The quantitative estimate of drug-likeness (QED) is 0.684. The molecule has 0 bridgehead atoms. The smallest absolute Gasteiger partial charge is 0.204 e. The summed E-state index contributed by atoms with van der Waals surface area (Å²) in [5, 5.41) is 12.9. The molecular formula is C20H23N5O. The van der Waals surface area contributed by atoms with Gasteiger partial charge in [-0.25, -0.2) is 0 Å². The maximum atomic E-state index is 5.89. The SMILES string of the molecule is c1ccc(CCn2nnc([C@@H]3CN(Cc4ccccc4)CCO3)n2)cc1. The summed E-state index contributed by atoms with van der Waals surface area (Å²) in [4.78, 5) is 4.05. The molecule has 2 aromatic carbocycles. The lowest BCUT2D eigenvalue weighted by Gasteiger charge is -2.31. The summed E-state index contributed by atoms with van der Waals surface area (Å²) in [7, 11) is 0. The number of nitrogens with zero attached hydrogens (tertiary/aromatic N) is 5. The molecule has 6 nitrogen and oxygen atoms in total. The largest absolute Gasteiger partial charge is 0.367 e. The average molecular weight is 349 g/mol. The number of aryl methyl sites for hydroxylation is 2. The standard InChI is InChI=1S/C20H23N5O/c1-3-7-17(8-4-1)11-12-25-22-20(21-23-25)19-16-24(13-14-26-19)15-18-9-5-2-6-10-18/h1-10,19H,11-16H2/t19-/m0/s1. The number of benzene rings is 2. The first-order valence-corrected chi connectivity index (χ1v) is 9.06. The zero-order valence-corrected chi connectivity index (χ0v) is 14.7. The lowest BCUT2D eigenvalue weighted by Crippen LogP contribution is -2.38. The van der Waals surface area contributed by atoms with Crippen LogP contribution < -0.4 is 0 Å². The van der Waals surface area contributed by atoms with E-state index in [0.29, 0.717) is 12.4 Å². The Morgan fingerprint density at radius 1 is 0.962 bits per heavy atom. The average Bonchev–Trinajstić information content (AvgIpc) is 3.17. The van der Waals surface area contributed by atoms with Crippen LogP contribution in [0.2, 0.25) is 0 Å². The van der Waals surface area contributed by atoms with Gasteiger partial charge < -0.3 is 4.74 Å². The molecule has 0 amide bonds. The summed E-state index contributed by atoms with van der Waals surface area (Å²) < 4.78 is 5.89. The van der Waals surface area contributed by atoms with Crippen molar-refractivity contribution in [1.29, 1.82) is 0 Å². The molecule has 0 radical (unpaired) electrons. The molecule has 0 saturated carbocycles. The topological polar surface area (TPSA) is 56.1 Å². The van der Waals surface area contributed by atoms with Crippen LogP contribution >= 0.6 is 0 Å². The molecule has 2 heterocycles. The summed E-state index contributed by atoms with van der Waals surface area (Å²) in [6, 6.07) is 20.9. The Morgan fingerprint density at radius 3 is 2.46 bits per heavy atom. The minimum atomic E-state index is -0.113. The molecule has 6 heteroatoms. The van der Waals surface area contributed by atoms with Gasteiger partial charge in [-0.2, -0.15) is 4.80 Å². The maximum absolute atomic E-state index is 5.89. The summed E-state index contributed by atoms with van der Waals surface area (Å²) >= 11 is 0. The van der Waals surface area contributed by atoms with Gasteiger partial charge in [-0.05, 0) is 22.8 Å². The fraction of sp³-hybridized carbons (Fsp3) is 0.350. The van der Waals surface area contributed by atoms with Gasteiger partial charge in [0.05, 0.1) is 13.2 Å². The van der Waals surface area contributed by atoms with Crippen molar-refractivity contribution in [3.8, 4) is 0 Å². The Labute approximate surface area is 153 Å². The highest BCUT2D eigenvalue weighted by atomic mass is 16.5. The number of hydrogen-bond acceptors (Lipinski definition) is 5. The molecule has 0 aliphatic carbocycles. The van der Waals surface area contributed by atoms with Gasteiger partial charge in [0.1, 0.15) is 6.10 Å². The first kappa shape index (κ1) is 16.9. The van der Waals surface area contributed by atoms with E-state index in [0.717, 1.165) is 32.6 Å². The summed E-state index contributed by atoms with van der Waals surface area (Å²) in [6.07, 6.45) is 0.778. The molecule has 26 heavy (non-hydrogen) atoms. The first-order valence-electron chi connectivity index (χ1n) is 9.06. The van der Waals surface area contributed by atoms with E-state index in [2.05, 4.69) is 56.7 Å². The zero-order valence-electron chi connectivity index (χ0n) is 14.7. The Morgan fingerprint density at radius 2 is 1.69 bits per heavy atom. The highest BCUT2D eigenvalue weighted by molar-refractivity contribution is 5.15. The van der Waals surface area contributed by atoms with Crippen molar-refractivity contribution in [2.75, 3.05) is 19.7 Å². The molecule has 4 rings (SSSR count). The Bertz CT molecular complexity index is 805. The Balaban J connectivity index is 1.34. The molecule has 0 N–H and O–H groups in total. The fourth-order valence-corrected chi connectivity index (χ4v) is 3.20. The van der Waals surface area contributed by atoms with Gasteiger partial charge in [0.2, 0.25) is 5.82 Å². The van der Waals surface area contributed by atoms with E-state index in [1.54, 1.807) is 4.80 Å². The number of ether oxygens (including phenoxy) is 1. The fourth-order valence-electron chi connectivity index (χ4n) is 3.20. The molecule has 1 saturated heterocycles. The third-order valence-electron chi connectivity index (χ3n) is 4.60. The van der Waals surface area contributed by atoms with Crippen molar-refractivity contribution in [1.82, 2.24) is 25.1 Å². The number of rotatable bonds is 6. The second kappa shape index (κ2) is 8.21. The molecule has 1 aliphatic heterocycles. The van der Waals surface area contributed by atoms with Gasteiger partial charge >= 0.3 is 0 Å². The van der Waals surface area contributed by atoms with Crippen LogP contribution in [-0.4, -0.2) is 44.8 Å². The Hall–Kier alpha value is -2.57. The maximum Gasteiger partial charge on any atom is 0.204 e. The predicted molar refractivity (Wildman–Crippen MR) is 98.4 cm³/mol. The van der Waals surface area contributed by atoms with E-state index in [4.69, 9.17) is 4.74 Å². The minimum absolute atomic E-state index is 0.113. The number of aromatic nitrogens is 4. The summed E-state index contributed by atoms with van der Waals surface area (Å²) in [6.45, 7) is 4.04. The third kappa shape index (κ3) is 4.33. The number of hydrogen-bond donors (Lipinski definition) is 0. The van der Waals surface area contributed by atoms with Crippen LogP contribution in [0.4, 0.5) is 0 Å². The van der Waals surface area contributed by atoms with Crippen molar-refractivity contribution < 1.29 is 4.74 Å². The molecular weight excluding hydrogens is 326 g/mol. The van der Waals surface area contributed by atoms with E-state index in [9.17, 15) is 0 Å². The van der Waals surface area contributed by atoms with Crippen molar-refractivity contribution >= 4 is 0 Å². The van der Waals surface area contributed by atoms with Crippen molar-refractivity contribution in [3.05, 3.63) is 77.6 Å². The second-order valence-electron chi connectivity index (χ2n) is 6.56. The van der Waals surface area contributed by atoms with Crippen LogP contribution in [0.25, 0.3) is 0 Å². The van der Waals surface area contributed by atoms with Crippen LogP contribution in [0.5, 0.6) is 0 Å². The molecule has 0 spiro atoms. The molecule has 1 fully saturated rings. The van der Waals surface area contributed by atoms with Gasteiger partial charge in [-0.1, -0.05) is 60.7 Å². The predicted octanol–water partition coefficient (Wildman–Crippen LogP) is 2.49. The van der Waals surface area contributed by atoms with Crippen molar-refractivity contribution in [2.24, 2.45) is 0 Å². The molecule has 134 valence electrons. The van der Waals surface area contributed by atoms with E-state index in [1.807, 2.05) is 24.3 Å². The van der Waals surface area contributed by atoms with Gasteiger partial charge in [0.15, 0.2) is 0 Å². The third-order valence-corrected chi connectivity index (χ3v) is 4.60. The lowest BCUT2D eigenvalue weighted by atomic mass is 10.2. The highest BCUT2D eigenvalue weighted by Crippen LogP contribution is 2.20. The summed E-state index contributed by atoms with van der Waals surface area (Å²) in [5.74, 6) is 0.677. The molecule has 3 aromatic rings. The minimum Gasteiger partial charge on any atom is -0.367 e. The Kier molecular flexibility index (Phi) is 5.33. The number of morpholine rings is 1. The van der Waals surface area contributed by atoms with Gasteiger partial charge in [-0.3, -0.25) is 4.90 Å². The molecule has 1 aromatic heterocycles. The van der Waals surface area contributed by atoms with Crippen LogP contribution in [-0.2, 0) is 24.2 Å². The second-order valence-corrected chi connectivity index (χ2v) is 6.56. The van der Waals surface area contributed by atoms with E-state index in [-0.39, 0.29) is 6.10 Å². The highest BCUT2D eigenvalue weighted by Gasteiger charge is 2.25. The van der Waals surface area contributed by atoms with Crippen LogP contribution in [0.15, 0.2) is 60.7 Å². The van der Waals surface area contributed by atoms with Gasteiger partial charge in [0.25, 0.3) is 0 Å². The number of tetrazole rings is 1. The summed E-state index contributed by atoms with van der Waals surface area (Å²) in [5.41, 5.74) is 2.59. The van der Waals surface area contributed by atoms with Gasteiger partial charge in [0, 0.05) is 19.6 Å². The van der Waals surface area contributed by atoms with Crippen LogP contribution in [0, 0.1) is 0 Å². The monoisotopic (exact) mass is 349 g/mol. The van der Waals surface area contributed by atoms with E-state index in [1.165, 1.54) is 11.1 Å².